The lowest BCUT2D eigenvalue weighted by Gasteiger charge is -2.01. The highest BCUT2D eigenvalue weighted by Gasteiger charge is 1.97. The van der Waals surface area contributed by atoms with Crippen LogP contribution in [0.25, 0.3) is 0 Å². The third-order valence-electron chi connectivity index (χ3n) is 1.33. The largest absolute Gasteiger partial charge is 0.290 e. The van der Waals surface area contributed by atoms with Crippen molar-refractivity contribution in [3.8, 4) is 0 Å². The van der Waals surface area contributed by atoms with E-state index in [0.717, 1.165) is 5.56 Å². The zero-order valence-corrected chi connectivity index (χ0v) is 5.96. The van der Waals surface area contributed by atoms with Crippen LogP contribution < -0.4 is 5.48 Å². The first-order valence-corrected chi connectivity index (χ1v) is 3.15. The van der Waals surface area contributed by atoms with Gasteiger partial charge < -0.3 is 0 Å². The number of nitrogens with one attached hydrogen (secondary N) is 2. The van der Waals surface area contributed by atoms with E-state index in [1.54, 1.807) is 23.7 Å². The van der Waals surface area contributed by atoms with Crippen molar-refractivity contribution in [2.45, 2.75) is 0 Å². The van der Waals surface area contributed by atoms with Gasteiger partial charge in [-0.3, -0.25) is 16.1 Å². The molecule has 1 rings (SSSR count). The maximum absolute atomic E-state index is 8.38. The van der Waals surface area contributed by atoms with Crippen molar-refractivity contribution in [2.24, 2.45) is 0 Å². The minimum absolute atomic E-state index is 0.0181. The highest BCUT2D eigenvalue weighted by atomic mass is 16.5. The van der Waals surface area contributed by atoms with Crippen molar-refractivity contribution >= 4 is 5.84 Å². The monoisotopic (exact) mass is 149 g/mol. The zero-order valence-electron chi connectivity index (χ0n) is 5.96. The number of hydrogen-bond acceptors (Lipinski definition) is 2. The molecular formula is C8H9N2O. The molecule has 1 aromatic rings. The Balaban J connectivity index is 2.96. The predicted molar refractivity (Wildman–Crippen MR) is 42.7 cm³/mol. The second-order valence-electron chi connectivity index (χ2n) is 2.19. The molecule has 0 aliphatic rings. The average Bonchev–Trinajstić information content (AvgIpc) is 2.03. The van der Waals surface area contributed by atoms with Crippen LogP contribution in [0.3, 0.4) is 0 Å². The van der Waals surface area contributed by atoms with Crippen LogP contribution in [0, 0.1) is 12.3 Å². The molecular weight excluding hydrogens is 140 g/mol. The van der Waals surface area contributed by atoms with E-state index < -0.39 is 0 Å². The predicted octanol–water partition coefficient (Wildman–Crippen LogP) is 1.17. The molecule has 1 aromatic carbocycles. The van der Waals surface area contributed by atoms with E-state index in [9.17, 15) is 0 Å². The Morgan fingerprint density at radius 1 is 1.55 bits per heavy atom. The van der Waals surface area contributed by atoms with Gasteiger partial charge in [0.2, 0.25) is 0 Å². The van der Waals surface area contributed by atoms with Gasteiger partial charge in [0.25, 0.3) is 0 Å². The van der Waals surface area contributed by atoms with Crippen LogP contribution >= 0.6 is 0 Å². The van der Waals surface area contributed by atoms with Crippen molar-refractivity contribution in [1.82, 2.24) is 5.48 Å². The first kappa shape index (κ1) is 7.75. The van der Waals surface area contributed by atoms with Crippen molar-refractivity contribution in [2.75, 3.05) is 0 Å². The Bertz CT molecular complexity index is 271. The van der Waals surface area contributed by atoms with Crippen molar-refractivity contribution in [3.05, 3.63) is 42.3 Å². The zero-order chi connectivity index (χ0) is 8.27. The summed E-state index contributed by atoms with van der Waals surface area (Å²) in [6, 6.07) is 7.05. The molecule has 0 heterocycles. The maximum Gasteiger partial charge on any atom is 0.149 e. The summed E-state index contributed by atoms with van der Waals surface area (Å²) in [5.74, 6) is -0.0181. The van der Waals surface area contributed by atoms with Gasteiger partial charge in [-0.15, -0.1) is 0 Å². The SMILES string of the molecule is [CH2]c1cccc(C(=N)NO)c1. The van der Waals surface area contributed by atoms with Crippen LogP contribution in [0.2, 0.25) is 0 Å². The van der Waals surface area contributed by atoms with Crippen LogP contribution in [-0.4, -0.2) is 11.0 Å². The Hall–Kier alpha value is -1.35. The normalized spacial score (nSPS) is 9.27. The fourth-order valence-electron chi connectivity index (χ4n) is 0.791. The molecule has 3 nitrogen and oxygen atoms in total. The summed E-state index contributed by atoms with van der Waals surface area (Å²) < 4.78 is 0. The van der Waals surface area contributed by atoms with Crippen LogP contribution in [0.4, 0.5) is 0 Å². The Morgan fingerprint density at radius 3 is 2.82 bits per heavy atom. The van der Waals surface area contributed by atoms with Gasteiger partial charge in [0.1, 0.15) is 5.84 Å². The molecule has 0 aliphatic carbocycles. The summed E-state index contributed by atoms with van der Waals surface area (Å²) in [4.78, 5) is 0. The van der Waals surface area contributed by atoms with Crippen molar-refractivity contribution in [3.63, 3.8) is 0 Å². The molecule has 11 heavy (non-hydrogen) atoms. The molecule has 57 valence electrons. The van der Waals surface area contributed by atoms with Crippen LogP contribution in [0.1, 0.15) is 11.1 Å². The molecule has 1 radical (unpaired) electrons. The van der Waals surface area contributed by atoms with E-state index in [1.807, 2.05) is 6.07 Å². The van der Waals surface area contributed by atoms with Gasteiger partial charge >= 0.3 is 0 Å². The molecule has 0 saturated carbocycles. The summed E-state index contributed by atoms with van der Waals surface area (Å²) in [5, 5.41) is 15.6. The molecule has 0 bridgehead atoms. The topological polar surface area (TPSA) is 56.1 Å². The minimum Gasteiger partial charge on any atom is -0.290 e. The number of hydrogen-bond donors (Lipinski definition) is 3. The lowest BCUT2D eigenvalue weighted by Crippen LogP contribution is -2.18. The summed E-state index contributed by atoms with van der Waals surface area (Å²) in [6.07, 6.45) is 0. The maximum atomic E-state index is 8.38. The standard InChI is InChI=1S/C8H9N2O/c1-6-3-2-4-7(5-6)8(9)10-11/h2-5,11H,1H2,(H2,9,10). The first-order chi connectivity index (χ1) is 5.24. The number of rotatable bonds is 1. The molecule has 0 saturated heterocycles. The highest BCUT2D eigenvalue weighted by Crippen LogP contribution is 2.02. The van der Waals surface area contributed by atoms with Gasteiger partial charge in [-0.2, -0.15) is 0 Å². The summed E-state index contributed by atoms with van der Waals surface area (Å²) in [7, 11) is 0. The fourth-order valence-corrected chi connectivity index (χ4v) is 0.791. The van der Waals surface area contributed by atoms with Crippen LogP contribution in [0.15, 0.2) is 24.3 Å². The molecule has 3 N–H and O–H groups in total. The third kappa shape index (κ3) is 1.78. The lowest BCUT2D eigenvalue weighted by atomic mass is 10.1. The van der Waals surface area contributed by atoms with E-state index in [4.69, 9.17) is 10.6 Å². The van der Waals surface area contributed by atoms with Crippen LogP contribution in [-0.2, 0) is 0 Å². The molecule has 0 fully saturated rings. The summed E-state index contributed by atoms with van der Waals surface area (Å²) >= 11 is 0. The Labute approximate surface area is 65.1 Å². The molecule has 3 heteroatoms. The van der Waals surface area contributed by atoms with Crippen molar-refractivity contribution < 1.29 is 5.21 Å². The second-order valence-corrected chi connectivity index (χ2v) is 2.19. The number of amidine groups is 1. The molecule has 0 unspecified atom stereocenters. The van der Waals surface area contributed by atoms with E-state index in [0.29, 0.717) is 5.56 Å². The molecule has 0 aromatic heterocycles. The quantitative estimate of drug-likeness (QED) is 0.319. The van der Waals surface area contributed by atoms with Crippen molar-refractivity contribution in [1.29, 1.82) is 5.41 Å². The molecule has 0 atom stereocenters. The fraction of sp³-hybridized carbons (Fsp3) is 0. The summed E-state index contributed by atoms with van der Waals surface area (Å²) in [5.41, 5.74) is 3.21. The number of benzene rings is 1. The van der Waals surface area contributed by atoms with E-state index in [2.05, 4.69) is 6.92 Å². The molecule has 0 amide bonds. The Morgan fingerprint density at radius 2 is 2.27 bits per heavy atom. The van der Waals surface area contributed by atoms with Gasteiger partial charge in [0.05, 0.1) is 0 Å². The molecule has 0 spiro atoms. The first-order valence-electron chi connectivity index (χ1n) is 3.15. The second kappa shape index (κ2) is 3.16. The Kier molecular flexibility index (Phi) is 2.23. The minimum atomic E-state index is -0.0181. The van der Waals surface area contributed by atoms with E-state index >= 15 is 0 Å². The van der Waals surface area contributed by atoms with Gasteiger partial charge in [0.15, 0.2) is 0 Å². The van der Waals surface area contributed by atoms with E-state index in [1.165, 1.54) is 0 Å². The smallest absolute Gasteiger partial charge is 0.149 e. The highest BCUT2D eigenvalue weighted by molar-refractivity contribution is 5.95. The third-order valence-corrected chi connectivity index (χ3v) is 1.33. The average molecular weight is 149 g/mol. The lowest BCUT2D eigenvalue weighted by molar-refractivity contribution is 0.234. The van der Waals surface area contributed by atoms with Gasteiger partial charge in [-0.1, -0.05) is 18.2 Å². The molecule has 0 aliphatic heterocycles. The van der Waals surface area contributed by atoms with E-state index in [-0.39, 0.29) is 5.84 Å². The van der Waals surface area contributed by atoms with Gasteiger partial charge in [0, 0.05) is 5.56 Å². The van der Waals surface area contributed by atoms with Gasteiger partial charge in [-0.25, -0.2) is 0 Å². The number of hydroxylamine groups is 1. The van der Waals surface area contributed by atoms with Gasteiger partial charge in [-0.05, 0) is 18.6 Å². The summed E-state index contributed by atoms with van der Waals surface area (Å²) in [6.45, 7) is 3.69. The van der Waals surface area contributed by atoms with Crippen LogP contribution in [0.5, 0.6) is 0 Å².